The number of aromatic nitrogens is 15. The number of primary amides is 7. The van der Waals surface area contributed by atoms with Gasteiger partial charge in [0, 0.05) is 6.20 Å². The monoisotopic (exact) mass is 1760 g/mol. The van der Waals surface area contributed by atoms with Gasteiger partial charge < -0.3 is 88.8 Å². The van der Waals surface area contributed by atoms with Crippen molar-refractivity contribution >= 4 is 190 Å². The lowest BCUT2D eigenvalue weighted by molar-refractivity contribution is -0.120. The van der Waals surface area contributed by atoms with Crippen LogP contribution in [0.3, 0.4) is 0 Å². The minimum Gasteiger partial charge on any atom is -0.389 e. The molecule has 9 rings (SSSR count). The minimum atomic E-state index is -0.665. The van der Waals surface area contributed by atoms with Gasteiger partial charge in [0.2, 0.25) is 69.8 Å². The van der Waals surface area contributed by atoms with Crippen molar-refractivity contribution in [3.63, 3.8) is 0 Å². The number of carbonyl (C=O) groups excluding carboxylic acids is 7. The van der Waals surface area contributed by atoms with Crippen LogP contribution in [0.25, 0.3) is 0 Å². The number of amides is 7. The Balaban J connectivity index is 0.000000466. The van der Waals surface area contributed by atoms with Crippen molar-refractivity contribution in [3.8, 4) is 30.3 Å². The summed E-state index contributed by atoms with van der Waals surface area (Å²) in [4.78, 5) is 123. The summed E-state index contributed by atoms with van der Waals surface area (Å²) in [5, 5.41) is 65.9. The molecule has 117 heavy (non-hydrogen) atoms. The van der Waals surface area contributed by atoms with Gasteiger partial charge >= 0.3 is 0 Å². The highest BCUT2D eigenvalue weighted by atomic mass is 35.5. The van der Waals surface area contributed by atoms with Crippen molar-refractivity contribution in [2.75, 3.05) is 43.0 Å². The van der Waals surface area contributed by atoms with Gasteiger partial charge in [0.15, 0.2) is 21.3 Å². The van der Waals surface area contributed by atoms with E-state index in [1.165, 1.54) is 71.8 Å². The Hall–Kier alpha value is -13.1. The maximum Gasteiger partial charge on any atom is 0.254 e. The van der Waals surface area contributed by atoms with E-state index in [9.17, 15) is 33.6 Å². The average Bonchev–Trinajstić information content (AvgIpc) is 1.84. The molecule has 6 atom stereocenters. The molecule has 7 amide bonds. The number of nitriles is 5. The van der Waals surface area contributed by atoms with Crippen molar-refractivity contribution in [1.29, 1.82) is 26.3 Å². The number of nitrogens with two attached hydrogens (primary N) is 9. The molecule has 0 saturated heterocycles. The quantitative estimate of drug-likeness (QED) is 0.0200. The van der Waals surface area contributed by atoms with Gasteiger partial charge in [0.1, 0.15) is 121 Å². The Morgan fingerprint density at radius 1 is 0.385 bits per heavy atom. The topological polar surface area (TPSA) is 750 Å². The second-order valence-electron chi connectivity index (χ2n) is 22.6. The summed E-state index contributed by atoms with van der Waals surface area (Å²) in [5.74, 6) is -2.04. The molecular formula is C66H79Cl5N36O7S3. The van der Waals surface area contributed by atoms with Gasteiger partial charge in [-0.3, -0.25) is 33.6 Å². The van der Waals surface area contributed by atoms with Crippen LogP contribution >= 0.6 is 92.6 Å². The standard InChI is InChI=1S/C13H17N7O2S.C13H15N7OS.3C9H10ClN5O.C5HCl2N3.C4H10N2O.C4H6N2S/c1-3-8(11(15)22)17-13-16-5-7(10(14)21)12(19-13)18-9-4-6(2)20-23-9;1-3-9(11(15)21)17-13-16-6-8(5-14)12(19-13)18-10-4-7(2)20-22-10;1-2-6(7(12)16)14-8-5(3-11)4-13-9(10)15-8;2*1-2-6(8(12)16)14-9-13-4-5(3-11)7(10)15-9;6-4-3(1-8)2-9-5(7)10-4;1-2-3(5)4(6)7;1-3-2-4(5)7-6-3/h4-5,8H,3H2,1-2H3,(H2,14,21)(H2,15,22)(H2,16,17,18,19);4,6,9H,3H2,1-2H3,(H2,15,21)(H2,16,17,18,19);3*4,6H,2H2,1H3,(H2,12,16)(H,13,14,15);2H;3H,2,5H2,1H3,(H2,6,7);2H,5H2,1H3/t8-;9-;3*6-;;3-;/m11111.1./s1. The minimum absolute atomic E-state index is 0.000762. The Labute approximate surface area is 706 Å². The molecule has 9 aromatic rings. The third-order valence-electron chi connectivity index (χ3n) is 13.9. The fourth-order valence-electron chi connectivity index (χ4n) is 7.66. The zero-order chi connectivity index (χ0) is 88.2. The smallest absolute Gasteiger partial charge is 0.254 e. The lowest BCUT2D eigenvalue weighted by Crippen LogP contribution is -2.35. The summed E-state index contributed by atoms with van der Waals surface area (Å²) in [6.45, 7) is 16.5. The second kappa shape index (κ2) is 52.3. The molecule has 9 heterocycles. The third-order valence-corrected chi connectivity index (χ3v) is 17.4. The zero-order valence-electron chi connectivity index (χ0n) is 63.5. The van der Waals surface area contributed by atoms with E-state index in [2.05, 4.69) is 110 Å². The number of carbonyl (C=O) groups is 7. The molecular weight excluding hydrogens is 1680 g/mol. The van der Waals surface area contributed by atoms with E-state index in [0.717, 1.165) is 27.1 Å². The molecule has 0 fully saturated rings. The van der Waals surface area contributed by atoms with Crippen LogP contribution in [-0.4, -0.2) is 151 Å². The summed E-state index contributed by atoms with van der Waals surface area (Å²) >= 11 is 31.7. The van der Waals surface area contributed by atoms with Gasteiger partial charge in [-0.15, -0.1) is 0 Å². The molecule has 51 heteroatoms. The molecule has 25 N–H and O–H groups in total. The highest BCUT2D eigenvalue weighted by Crippen LogP contribution is 2.26. The predicted molar refractivity (Wildman–Crippen MR) is 443 cm³/mol. The fourth-order valence-corrected chi connectivity index (χ4v) is 10.3. The van der Waals surface area contributed by atoms with Crippen LogP contribution in [0.1, 0.15) is 135 Å². The van der Waals surface area contributed by atoms with E-state index >= 15 is 0 Å². The first-order valence-corrected chi connectivity index (χ1v) is 37.8. The summed E-state index contributed by atoms with van der Waals surface area (Å²) in [5.41, 5.74) is 50.6. The molecule has 0 aliphatic rings. The first-order valence-electron chi connectivity index (χ1n) is 33.6. The van der Waals surface area contributed by atoms with Gasteiger partial charge in [0.05, 0.1) is 54.1 Å². The van der Waals surface area contributed by atoms with Crippen LogP contribution in [-0.2, 0) is 28.8 Å². The molecule has 0 aliphatic carbocycles. The normalized spacial score (nSPS) is 11.3. The number of hydrogen-bond donors (Lipinski definition) is 16. The highest BCUT2D eigenvalue weighted by molar-refractivity contribution is 7.10. The van der Waals surface area contributed by atoms with Crippen molar-refractivity contribution in [3.05, 3.63) is 132 Å². The number of rotatable bonds is 27. The van der Waals surface area contributed by atoms with Gasteiger partial charge in [-0.05, 0) is 135 Å². The molecule has 0 bridgehead atoms. The van der Waals surface area contributed by atoms with Crippen molar-refractivity contribution in [1.82, 2.24) is 72.9 Å². The molecule has 43 nitrogen and oxygen atoms in total. The molecule has 618 valence electrons. The van der Waals surface area contributed by atoms with Crippen LogP contribution in [0.4, 0.5) is 56.3 Å². The molecule has 0 aliphatic heterocycles. The third kappa shape index (κ3) is 36.3. The first kappa shape index (κ1) is 100.0. The van der Waals surface area contributed by atoms with Crippen molar-refractivity contribution in [2.45, 2.75) is 137 Å². The first-order chi connectivity index (χ1) is 55.4. The maximum atomic E-state index is 11.5. The van der Waals surface area contributed by atoms with Gasteiger partial charge in [-0.1, -0.05) is 76.3 Å². The molecule has 0 spiro atoms. The number of anilines is 10. The largest absolute Gasteiger partial charge is 0.389 e. The Morgan fingerprint density at radius 3 is 0.983 bits per heavy atom. The molecule has 0 unspecified atom stereocenters. The molecule has 9 aromatic heterocycles. The fraction of sp³-hybridized carbons (Fsp3) is 0.318. The second-order valence-corrected chi connectivity index (χ2v) is 26.8. The van der Waals surface area contributed by atoms with Crippen molar-refractivity contribution in [2.24, 2.45) is 45.9 Å². The van der Waals surface area contributed by atoms with E-state index in [0.29, 0.717) is 54.9 Å². The van der Waals surface area contributed by atoms with E-state index in [4.69, 9.17) is 136 Å². The SMILES string of the molecule is CC[C@@H](N)C(N)=O.CC[C@@H](Nc1nc(Cl)ncc1C#N)C(N)=O.CC[C@@H](Nc1ncc(C#N)c(Cl)n1)C(N)=O.CC[C@@H](Nc1ncc(C#N)c(Cl)n1)C(N)=O.CC[C@@H](Nc1ncc(C#N)c(Nc2cc(C)ns2)n1)C(N)=O.CC[C@@H](Nc1ncc(C(N)=O)c(Nc2cc(C)ns2)n1)C(N)=O.Cc1cc(N)sn1.N#Cc1cnc(Cl)nc1Cl. The number of aryl methyl sites for hydroxylation is 3. The lowest BCUT2D eigenvalue weighted by atomic mass is 10.2. The van der Waals surface area contributed by atoms with E-state index in [1.54, 1.807) is 33.8 Å². The summed E-state index contributed by atoms with van der Waals surface area (Å²) in [6, 6.07) is 11.6. The van der Waals surface area contributed by atoms with Crippen LogP contribution in [0.15, 0.2) is 55.4 Å². The summed E-state index contributed by atoms with van der Waals surface area (Å²) in [7, 11) is 0. The van der Waals surface area contributed by atoms with Gasteiger partial charge in [0.25, 0.3) is 5.91 Å². The molecule has 0 radical (unpaired) electrons. The Morgan fingerprint density at radius 2 is 0.692 bits per heavy atom. The van der Waals surface area contributed by atoms with Crippen LogP contribution < -0.4 is 88.8 Å². The van der Waals surface area contributed by atoms with Crippen LogP contribution in [0.5, 0.6) is 0 Å². The van der Waals surface area contributed by atoms with Crippen LogP contribution in [0.2, 0.25) is 26.0 Å². The zero-order valence-corrected chi connectivity index (χ0v) is 69.7. The van der Waals surface area contributed by atoms with Gasteiger partial charge in [-0.25, -0.2) is 34.9 Å². The van der Waals surface area contributed by atoms with Gasteiger partial charge in [-0.2, -0.15) is 64.3 Å². The molecule has 0 aromatic carbocycles. The van der Waals surface area contributed by atoms with E-state index in [1.807, 2.05) is 77.1 Å². The number of hydrogen-bond acceptors (Lipinski definition) is 39. The summed E-state index contributed by atoms with van der Waals surface area (Å²) in [6.07, 6.45) is 10.9. The Kier molecular flexibility index (Phi) is 44.7. The van der Waals surface area contributed by atoms with E-state index in [-0.39, 0.29) is 89.3 Å². The Bertz CT molecular complexity index is 4970. The molecule has 0 saturated carbocycles. The summed E-state index contributed by atoms with van der Waals surface area (Å²) < 4.78 is 12.2. The number of nitrogens with zero attached hydrogens (tertiary/aromatic N) is 20. The highest BCUT2D eigenvalue weighted by Gasteiger charge is 2.22. The number of nitrogen functional groups attached to an aromatic ring is 1. The van der Waals surface area contributed by atoms with E-state index < -0.39 is 77.6 Å². The van der Waals surface area contributed by atoms with Crippen molar-refractivity contribution < 1.29 is 33.6 Å². The van der Waals surface area contributed by atoms with Crippen LogP contribution in [0, 0.1) is 77.4 Å². The number of nitrogens with one attached hydrogen (secondary N) is 7. The lowest BCUT2D eigenvalue weighted by Gasteiger charge is -2.14. The predicted octanol–water partition coefficient (Wildman–Crippen LogP) is 6.22. The number of halogens is 5. The average molecular weight is 1760 g/mol. The maximum absolute atomic E-state index is 11.5.